The lowest BCUT2D eigenvalue weighted by Gasteiger charge is -2.28. The number of hydrogen-bond donors (Lipinski definition) is 1. The van der Waals surface area contributed by atoms with Crippen molar-refractivity contribution in [3.05, 3.63) is 29.8 Å². The second kappa shape index (κ2) is 8.29. The van der Waals surface area contributed by atoms with Crippen LogP contribution in [0.1, 0.15) is 32.8 Å². The van der Waals surface area contributed by atoms with Crippen LogP contribution in [0.25, 0.3) is 0 Å². The summed E-state index contributed by atoms with van der Waals surface area (Å²) in [6, 6.07) is 7.02. The van der Waals surface area contributed by atoms with Gasteiger partial charge < -0.3 is 15.0 Å². The minimum absolute atomic E-state index is 0.0448. The highest BCUT2D eigenvalue weighted by atomic mass is 16.5. The topological polar surface area (TPSA) is 58.6 Å². The SMILES string of the molecule is CCNC(=O)[C@H](C)N(Cc1cccc(OC)c1)C(=O)CC. The fourth-order valence-corrected chi connectivity index (χ4v) is 2.08. The number of rotatable bonds is 7. The van der Waals surface area contributed by atoms with Crippen LogP contribution in [-0.2, 0) is 16.1 Å². The van der Waals surface area contributed by atoms with Gasteiger partial charge in [-0.05, 0) is 31.5 Å². The van der Waals surface area contributed by atoms with Gasteiger partial charge in [0, 0.05) is 19.5 Å². The van der Waals surface area contributed by atoms with Gasteiger partial charge in [-0.1, -0.05) is 19.1 Å². The molecule has 0 radical (unpaired) electrons. The third-order valence-electron chi connectivity index (χ3n) is 3.31. The largest absolute Gasteiger partial charge is 0.497 e. The first kappa shape index (κ1) is 17.0. The number of carbonyl (C=O) groups excluding carboxylic acids is 2. The monoisotopic (exact) mass is 292 g/mol. The quantitative estimate of drug-likeness (QED) is 0.835. The molecule has 5 nitrogen and oxygen atoms in total. The van der Waals surface area contributed by atoms with Gasteiger partial charge in [-0.25, -0.2) is 0 Å². The summed E-state index contributed by atoms with van der Waals surface area (Å²) in [7, 11) is 1.60. The van der Waals surface area contributed by atoms with Gasteiger partial charge in [0.05, 0.1) is 7.11 Å². The van der Waals surface area contributed by atoms with E-state index in [9.17, 15) is 9.59 Å². The van der Waals surface area contributed by atoms with Gasteiger partial charge in [0.25, 0.3) is 0 Å². The molecule has 0 aliphatic heterocycles. The van der Waals surface area contributed by atoms with E-state index in [4.69, 9.17) is 4.74 Å². The number of likely N-dealkylation sites (N-methyl/N-ethyl adjacent to an activating group) is 1. The molecule has 5 heteroatoms. The van der Waals surface area contributed by atoms with Crippen molar-refractivity contribution in [2.24, 2.45) is 0 Å². The summed E-state index contributed by atoms with van der Waals surface area (Å²) in [6.07, 6.45) is 0.369. The molecular weight excluding hydrogens is 268 g/mol. The second-order valence-electron chi connectivity index (χ2n) is 4.80. The van der Waals surface area contributed by atoms with Gasteiger partial charge in [0.15, 0.2) is 0 Å². The molecule has 2 amide bonds. The molecule has 0 aromatic heterocycles. The molecule has 21 heavy (non-hydrogen) atoms. The van der Waals surface area contributed by atoms with Crippen LogP contribution in [0.2, 0.25) is 0 Å². The molecule has 0 fully saturated rings. The zero-order valence-corrected chi connectivity index (χ0v) is 13.2. The highest BCUT2D eigenvalue weighted by Crippen LogP contribution is 2.16. The van der Waals surface area contributed by atoms with Gasteiger partial charge in [0.2, 0.25) is 11.8 Å². The van der Waals surface area contributed by atoms with E-state index < -0.39 is 6.04 Å². The van der Waals surface area contributed by atoms with Crippen molar-refractivity contribution < 1.29 is 14.3 Å². The van der Waals surface area contributed by atoms with Gasteiger partial charge in [-0.2, -0.15) is 0 Å². The lowest BCUT2D eigenvalue weighted by molar-refractivity contribution is -0.140. The second-order valence-corrected chi connectivity index (χ2v) is 4.80. The van der Waals surface area contributed by atoms with Crippen LogP contribution in [0, 0.1) is 0 Å². The van der Waals surface area contributed by atoms with E-state index in [0.717, 1.165) is 11.3 Å². The fraction of sp³-hybridized carbons (Fsp3) is 0.500. The van der Waals surface area contributed by atoms with Crippen LogP contribution in [0.4, 0.5) is 0 Å². The smallest absolute Gasteiger partial charge is 0.242 e. The molecule has 1 N–H and O–H groups in total. The zero-order chi connectivity index (χ0) is 15.8. The number of carbonyl (C=O) groups is 2. The Morgan fingerprint density at radius 2 is 2.05 bits per heavy atom. The van der Waals surface area contributed by atoms with Crippen molar-refractivity contribution >= 4 is 11.8 Å². The van der Waals surface area contributed by atoms with Crippen LogP contribution in [-0.4, -0.2) is 36.4 Å². The number of nitrogens with zero attached hydrogens (tertiary/aromatic N) is 1. The molecule has 1 aromatic rings. The molecule has 0 aliphatic rings. The van der Waals surface area contributed by atoms with E-state index in [1.54, 1.807) is 25.9 Å². The van der Waals surface area contributed by atoms with Gasteiger partial charge >= 0.3 is 0 Å². The number of methoxy groups -OCH3 is 1. The predicted octanol–water partition coefficient (Wildman–Crippen LogP) is 1.96. The van der Waals surface area contributed by atoms with Crippen LogP contribution in [0.3, 0.4) is 0 Å². The van der Waals surface area contributed by atoms with E-state index in [1.807, 2.05) is 31.2 Å². The summed E-state index contributed by atoms with van der Waals surface area (Å²) in [5.41, 5.74) is 0.937. The minimum atomic E-state index is -0.497. The highest BCUT2D eigenvalue weighted by Gasteiger charge is 2.24. The molecule has 1 aromatic carbocycles. The van der Waals surface area contributed by atoms with Gasteiger partial charge in [-0.15, -0.1) is 0 Å². The molecule has 0 unspecified atom stereocenters. The molecule has 116 valence electrons. The van der Waals surface area contributed by atoms with E-state index in [0.29, 0.717) is 19.5 Å². The molecule has 1 atom stereocenters. The predicted molar refractivity (Wildman–Crippen MR) is 82.0 cm³/mol. The average molecular weight is 292 g/mol. The molecule has 0 aliphatic carbocycles. The number of amides is 2. The van der Waals surface area contributed by atoms with Crippen LogP contribution in [0.5, 0.6) is 5.75 Å². The van der Waals surface area contributed by atoms with Crippen molar-refractivity contribution in [3.63, 3.8) is 0 Å². The van der Waals surface area contributed by atoms with Gasteiger partial charge in [-0.3, -0.25) is 9.59 Å². The zero-order valence-electron chi connectivity index (χ0n) is 13.2. The number of hydrogen-bond acceptors (Lipinski definition) is 3. The molecule has 0 spiro atoms. The van der Waals surface area contributed by atoms with E-state index in [2.05, 4.69) is 5.32 Å². The minimum Gasteiger partial charge on any atom is -0.497 e. The van der Waals surface area contributed by atoms with Crippen molar-refractivity contribution in [2.75, 3.05) is 13.7 Å². The maximum atomic E-state index is 12.1. The van der Waals surface area contributed by atoms with Crippen molar-refractivity contribution in [1.29, 1.82) is 0 Å². The average Bonchev–Trinajstić information content (AvgIpc) is 2.51. The molecule has 0 bridgehead atoms. The van der Waals surface area contributed by atoms with Crippen molar-refractivity contribution in [2.45, 2.75) is 39.8 Å². The summed E-state index contributed by atoms with van der Waals surface area (Å²) < 4.78 is 5.19. The van der Waals surface area contributed by atoms with Crippen LogP contribution < -0.4 is 10.1 Å². The molecule has 0 saturated heterocycles. The summed E-state index contributed by atoms with van der Waals surface area (Å²) >= 11 is 0. The van der Waals surface area contributed by atoms with Crippen molar-refractivity contribution in [3.8, 4) is 5.75 Å². The molecule has 0 heterocycles. The first-order valence-electron chi connectivity index (χ1n) is 7.23. The van der Waals surface area contributed by atoms with Crippen LogP contribution in [0.15, 0.2) is 24.3 Å². The normalized spacial score (nSPS) is 11.6. The van der Waals surface area contributed by atoms with Crippen LogP contribution >= 0.6 is 0 Å². The third kappa shape index (κ3) is 4.77. The molecule has 1 rings (SSSR count). The first-order chi connectivity index (χ1) is 10.0. The number of ether oxygens (including phenoxy) is 1. The Morgan fingerprint density at radius 1 is 1.33 bits per heavy atom. The Morgan fingerprint density at radius 3 is 2.62 bits per heavy atom. The maximum absolute atomic E-state index is 12.1. The molecular formula is C16H24N2O3. The summed E-state index contributed by atoms with van der Waals surface area (Å²) in [5, 5.41) is 2.76. The number of nitrogens with one attached hydrogen (secondary N) is 1. The van der Waals surface area contributed by atoms with Crippen molar-refractivity contribution in [1.82, 2.24) is 10.2 Å². The first-order valence-corrected chi connectivity index (χ1v) is 7.23. The third-order valence-corrected chi connectivity index (χ3v) is 3.31. The lowest BCUT2D eigenvalue weighted by Crippen LogP contribution is -2.47. The Hall–Kier alpha value is -2.04. The lowest BCUT2D eigenvalue weighted by atomic mass is 10.1. The Bertz CT molecular complexity index is 488. The Balaban J connectivity index is 2.92. The summed E-state index contributed by atoms with van der Waals surface area (Å²) in [4.78, 5) is 25.7. The maximum Gasteiger partial charge on any atom is 0.242 e. The highest BCUT2D eigenvalue weighted by molar-refractivity contribution is 5.87. The Labute approximate surface area is 126 Å². The molecule has 0 saturated carbocycles. The fourth-order valence-electron chi connectivity index (χ4n) is 2.08. The standard InChI is InChI=1S/C16H24N2O3/c1-5-15(19)18(12(3)16(20)17-6-2)11-13-8-7-9-14(10-13)21-4/h7-10,12H,5-6,11H2,1-4H3,(H,17,20)/t12-/m0/s1. The van der Waals surface area contributed by atoms with Gasteiger partial charge in [0.1, 0.15) is 11.8 Å². The van der Waals surface area contributed by atoms with E-state index in [-0.39, 0.29) is 11.8 Å². The Kier molecular flexibility index (Phi) is 6.72. The number of benzene rings is 1. The summed E-state index contributed by atoms with van der Waals surface area (Å²) in [5.74, 6) is 0.556. The van der Waals surface area contributed by atoms with E-state index >= 15 is 0 Å². The summed E-state index contributed by atoms with van der Waals surface area (Å²) in [6.45, 7) is 6.35. The van der Waals surface area contributed by atoms with E-state index in [1.165, 1.54) is 0 Å².